The van der Waals surface area contributed by atoms with E-state index in [0.717, 1.165) is 25.9 Å². The van der Waals surface area contributed by atoms with Crippen LogP contribution in [0.5, 0.6) is 0 Å². The zero-order valence-electron chi connectivity index (χ0n) is 10.7. The van der Waals surface area contributed by atoms with Crippen LogP contribution < -0.4 is 0 Å². The maximum atomic E-state index is 13.0. The summed E-state index contributed by atoms with van der Waals surface area (Å²) in [4.78, 5) is 14.2. The molecule has 0 aromatic heterocycles. The van der Waals surface area contributed by atoms with Gasteiger partial charge in [0.05, 0.1) is 5.56 Å². The predicted molar refractivity (Wildman–Crippen MR) is 78.0 cm³/mol. The molecule has 0 atom stereocenters. The number of hydrogen-bond donors (Lipinski definition) is 0. The van der Waals surface area contributed by atoms with Crippen molar-refractivity contribution in [3.05, 3.63) is 33.1 Å². The molecule has 1 fully saturated rings. The molecule has 0 bridgehead atoms. The molecule has 2 nitrogen and oxygen atoms in total. The van der Waals surface area contributed by atoms with E-state index in [1.807, 2.05) is 27.5 Å². The van der Waals surface area contributed by atoms with Gasteiger partial charge in [0, 0.05) is 16.7 Å². The number of likely N-dealkylation sites (tertiary alicyclic amines) is 1. The van der Waals surface area contributed by atoms with Gasteiger partial charge in [-0.3, -0.25) is 4.79 Å². The number of nitrogens with zero attached hydrogens (tertiary/aromatic N) is 1. The highest BCUT2D eigenvalue weighted by atomic mass is 127. The normalized spacial score (nSPS) is 18.8. The van der Waals surface area contributed by atoms with E-state index in [9.17, 15) is 9.18 Å². The van der Waals surface area contributed by atoms with E-state index in [2.05, 4.69) is 13.8 Å². The predicted octanol–water partition coefficient (Wildman–Crippen LogP) is 3.69. The van der Waals surface area contributed by atoms with Gasteiger partial charge in [0.25, 0.3) is 5.91 Å². The van der Waals surface area contributed by atoms with Crippen molar-refractivity contribution in [1.29, 1.82) is 0 Å². The second kappa shape index (κ2) is 5.15. The Balaban J connectivity index is 2.13. The molecule has 1 aromatic carbocycles. The minimum Gasteiger partial charge on any atom is -0.339 e. The summed E-state index contributed by atoms with van der Waals surface area (Å²) in [6.45, 7) is 6.05. The van der Waals surface area contributed by atoms with Crippen molar-refractivity contribution in [3.8, 4) is 0 Å². The number of benzene rings is 1. The number of carbonyl (C=O) groups excluding carboxylic acids is 1. The van der Waals surface area contributed by atoms with Gasteiger partial charge >= 0.3 is 0 Å². The molecule has 1 aliphatic heterocycles. The van der Waals surface area contributed by atoms with Gasteiger partial charge in [0.15, 0.2) is 0 Å². The third-order valence-corrected chi connectivity index (χ3v) is 4.46. The first-order chi connectivity index (χ1) is 8.39. The van der Waals surface area contributed by atoms with Gasteiger partial charge < -0.3 is 4.90 Å². The summed E-state index contributed by atoms with van der Waals surface area (Å²) in [5.74, 6) is -0.273. The van der Waals surface area contributed by atoms with Crippen LogP contribution in [0.4, 0.5) is 4.39 Å². The Bertz CT molecular complexity index is 463. The quantitative estimate of drug-likeness (QED) is 0.699. The number of rotatable bonds is 1. The molecule has 0 radical (unpaired) electrons. The maximum absolute atomic E-state index is 13.0. The lowest BCUT2D eigenvalue weighted by atomic mass is 9.82. The lowest BCUT2D eigenvalue weighted by molar-refractivity contribution is 0.0629. The van der Waals surface area contributed by atoms with Crippen molar-refractivity contribution < 1.29 is 9.18 Å². The first-order valence-electron chi connectivity index (χ1n) is 6.13. The summed E-state index contributed by atoms with van der Waals surface area (Å²) in [5, 5.41) is 0. The van der Waals surface area contributed by atoms with Gasteiger partial charge in [-0.2, -0.15) is 0 Å². The van der Waals surface area contributed by atoms with E-state index >= 15 is 0 Å². The molecule has 98 valence electrons. The van der Waals surface area contributed by atoms with Crippen LogP contribution >= 0.6 is 22.6 Å². The van der Waals surface area contributed by atoms with Gasteiger partial charge in [-0.1, -0.05) is 13.8 Å². The molecule has 0 aliphatic carbocycles. The lowest BCUT2D eigenvalue weighted by Gasteiger charge is -2.37. The zero-order chi connectivity index (χ0) is 13.3. The Morgan fingerprint density at radius 1 is 1.33 bits per heavy atom. The monoisotopic (exact) mass is 361 g/mol. The molecule has 1 aromatic rings. The van der Waals surface area contributed by atoms with E-state index in [0.29, 0.717) is 14.5 Å². The lowest BCUT2D eigenvalue weighted by Crippen LogP contribution is -2.41. The molecule has 0 spiro atoms. The second-order valence-corrected chi connectivity index (χ2v) is 6.74. The summed E-state index contributed by atoms with van der Waals surface area (Å²) in [7, 11) is 0. The Hall–Kier alpha value is -0.650. The van der Waals surface area contributed by atoms with Gasteiger partial charge in [0.1, 0.15) is 5.82 Å². The molecule has 1 heterocycles. The first-order valence-corrected chi connectivity index (χ1v) is 7.21. The second-order valence-electron chi connectivity index (χ2n) is 5.58. The number of hydrogen-bond acceptors (Lipinski definition) is 1. The number of piperidine rings is 1. The molecule has 2 rings (SSSR count). The fourth-order valence-corrected chi connectivity index (χ4v) is 2.86. The summed E-state index contributed by atoms with van der Waals surface area (Å²) < 4.78 is 13.7. The molecule has 1 amide bonds. The van der Waals surface area contributed by atoms with Crippen LogP contribution in [0.3, 0.4) is 0 Å². The van der Waals surface area contributed by atoms with E-state index in [4.69, 9.17) is 0 Å². The molecule has 4 heteroatoms. The minimum atomic E-state index is -0.296. The molecular weight excluding hydrogens is 344 g/mol. The van der Waals surface area contributed by atoms with Crippen LogP contribution in [-0.2, 0) is 0 Å². The van der Waals surface area contributed by atoms with Crippen LogP contribution in [-0.4, -0.2) is 23.9 Å². The fourth-order valence-electron chi connectivity index (χ4n) is 2.15. The zero-order valence-corrected chi connectivity index (χ0v) is 12.8. The SMILES string of the molecule is CC1(C)CCN(C(=O)c2ccc(F)cc2I)CC1. The highest BCUT2D eigenvalue weighted by Gasteiger charge is 2.28. The van der Waals surface area contributed by atoms with Gasteiger partial charge in [-0.25, -0.2) is 4.39 Å². The summed E-state index contributed by atoms with van der Waals surface area (Å²) in [5.41, 5.74) is 0.934. The Morgan fingerprint density at radius 2 is 1.94 bits per heavy atom. The van der Waals surface area contributed by atoms with Crippen LogP contribution in [0.2, 0.25) is 0 Å². The third kappa shape index (κ3) is 3.02. The van der Waals surface area contributed by atoms with Crippen molar-refractivity contribution in [2.45, 2.75) is 26.7 Å². The average Bonchev–Trinajstić information content (AvgIpc) is 2.28. The van der Waals surface area contributed by atoms with E-state index in [1.54, 1.807) is 6.07 Å². The van der Waals surface area contributed by atoms with Crippen molar-refractivity contribution in [2.24, 2.45) is 5.41 Å². The summed E-state index contributed by atoms with van der Waals surface area (Å²) >= 11 is 2.02. The molecule has 0 saturated carbocycles. The number of amides is 1. The summed E-state index contributed by atoms with van der Waals surface area (Å²) in [6, 6.07) is 4.34. The van der Waals surface area contributed by atoms with Gasteiger partial charge in [-0.15, -0.1) is 0 Å². The fraction of sp³-hybridized carbons (Fsp3) is 0.500. The molecular formula is C14H17FINO. The van der Waals surface area contributed by atoms with Gasteiger partial charge in [0.2, 0.25) is 0 Å². The van der Waals surface area contributed by atoms with Crippen molar-refractivity contribution in [2.75, 3.05) is 13.1 Å². The summed E-state index contributed by atoms with van der Waals surface area (Å²) in [6.07, 6.45) is 2.05. The minimum absolute atomic E-state index is 0.0231. The highest BCUT2D eigenvalue weighted by molar-refractivity contribution is 14.1. The van der Waals surface area contributed by atoms with Crippen LogP contribution in [0.15, 0.2) is 18.2 Å². The smallest absolute Gasteiger partial charge is 0.254 e. The number of halogens is 2. The topological polar surface area (TPSA) is 20.3 Å². The maximum Gasteiger partial charge on any atom is 0.254 e. The van der Waals surface area contributed by atoms with Crippen LogP contribution in [0.25, 0.3) is 0 Å². The van der Waals surface area contributed by atoms with E-state index in [-0.39, 0.29) is 11.7 Å². The Labute approximate surface area is 121 Å². The Morgan fingerprint density at radius 3 is 2.50 bits per heavy atom. The third-order valence-electron chi connectivity index (χ3n) is 3.57. The van der Waals surface area contributed by atoms with Crippen LogP contribution in [0, 0.1) is 14.8 Å². The van der Waals surface area contributed by atoms with Crippen LogP contribution in [0.1, 0.15) is 37.0 Å². The molecule has 0 N–H and O–H groups in total. The standard InChI is InChI=1S/C14H17FINO/c1-14(2)5-7-17(8-6-14)13(18)11-4-3-10(15)9-12(11)16/h3-4,9H,5-8H2,1-2H3. The average molecular weight is 361 g/mol. The van der Waals surface area contributed by atoms with Gasteiger partial charge in [-0.05, 0) is 59.0 Å². The first kappa shape index (κ1) is 13.8. The van der Waals surface area contributed by atoms with E-state index < -0.39 is 0 Å². The molecule has 1 saturated heterocycles. The highest BCUT2D eigenvalue weighted by Crippen LogP contribution is 2.30. The Kier molecular flexibility index (Phi) is 3.94. The molecule has 18 heavy (non-hydrogen) atoms. The molecule has 1 aliphatic rings. The van der Waals surface area contributed by atoms with Crippen molar-refractivity contribution in [1.82, 2.24) is 4.90 Å². The molecule has 0 unspecified atom stereocenters. The van der Waals surface area contributed by atoms with E-state index in [1.165, 1.54) is 12.1 Å². The number of carbonyl (C=O) groups is 1. The van der Waals surface area contributed by atoms with Crippen molar-refractivity contribution in [3.63, 3.8) is 0 Å². The largest absolute Gasteiger partial charge is 0.339 e. The van der Waals surface area contributed by atoms with Crippen molar-refractivity contribution >= 4 is 28.5 Å².